The van der Waals surface area contributed by atoms with Gasteiger partial charge in [-0.3, -0.25) is 4.57 Å². The molecule has 6 heteroatoms. The van der Waals surface area contributed by atoms with Crippen molar-refractivity contribution < 1.29 is 0 Å². The van der Waals surface area contributed by atoms with Crippen molar-refractivity contribution in [2.24, 2.45) is 0 Å². The molecule has 1 fully saturated rings. The highest BCUT2D eigenvalue weighted by Gasteiger charge is 2.27. The van der Waals surface area contributed by atoms with Gasteiger partial charge in [0.2, 0.25) is 0 Å². The van der Waals surface area contributed by atoms with Crippen LogP contribution in [0.15, 0.2) is 9.95 Å². The van der Waals surface area contributed by atoms with Gasteiger partial charge < -0.3 is 5.32 Å². The first kappa shape index (κ1) is 14.7. The largest absolute Gasteiger partial charge is 0.344 e. The molecule has 1 aliphatic rings. The van der Waals surface area contributed by atoms with Crippen molar-refractivity contribution in [2.45, 2.75) is 68.9 Å². The molecule has 1 aromatic rings. The van der Waals surface area contributed by atoms with E-state index in [1.54, 1.807) is 16.3 Å². The van der Waals surface area contributed by atoms with Crippen LogP contribution >= 0.6 is 11.8 Å². The molecule has 1 aromatic heterocycles. The average Bonchev–Trinajstić information content (AvgIpc) is 2.94. The molecule has 19 heavy (non-hydrogen) atoms. The summed E-state index contributed by atoms with van der Waals surface area (Å²) in [5, 5.41) is 11.7. The zero-order valence-electron chi connectivity index (χ0n) is 12.0. The van der Waals surface area contributed by atoms with Crippen molar-refractivity contribution in [3.63, 3.8) is 0 Å². The third-order valence-electron chi connectivity index (χ3n) is 3.53. The van der Waals surface area contributed by atoms with E-state index in [9.17, 15) is 4.79 Å². The standard InChI is InChI=1S/C13H24N4OS/c1-4-7-14-10-5-6-11(8-10)19-13-16-15-12(18)17(13)9(2)3/h9-11,14H,4-8H2,1-3H3,(H,15,18). The van der Waals surface area contributed by atoms with E-state index in [-0.39, 0.29) is 11.7 Å². The van der Waals surface area contributed by atoms with Gasteiger partial charge in [-0.15, -0.1) is 5.10 Å². The highest BCUT2D eigenvalue weighted by Crippen LogP contribution is 2.34. The Hall–Kier alpha value is -0.750. The molecule has 1 aliphatic carbocycles. The quantitative estimate of drug-likeness (QED) is 0.840. The number of nitrogens with zero attached hydrogens (tertiary/aromatic N) is 2. The predicted molar refractivity (Wildman–Crippen MR) is 78.8 cm³/mol. The molecule has 2 rings (SSSR count). The number of hydrogen-bond donors (Lipinski definition) is 2. The summed E-state index contributed by atoms with van der Waals surface area (Å²) in [7, 11) is 0. The minimum Gasteiger partial charge on any atom is -0.314 e. The Balaban J connectivity index is 1.94. The maximum absolute atomic E-state index is 11.7. The molecular weight excluding hydrogens is 260 g/mol. The monoisotopic (exact) mass is 284 g/mol. The van der Waals surface area contributed by atoms with E-state index < -0.39 is 0 Å². The first-order chi connectivity index (χ1) is 9.11. The molecule has 0 saturated heterocycles. The molecule has 0 amide bonds. The van der Waals surface area contributed by atoms with E-state index in [2.05, 4.69) is 22.4 Å². The summed E-state index contributed by atoms with van der Waals surface area (Å²) in [6.07, 6.45) is 4.78. The van der Waals surface area contributed by atoms with E-state index in [1.807, 2.05) is 13.8 Å². The highest BCUT2D eigenvalue weighted by molar-refractivity contribution is 7.99. The van der Waals surface area contributed by atoms with Gasteiger partial charge in [0, 0.05) is 17.3 Å². The third kappa shape index (κ3) is 3.63. The van der Waals surface area contributed by atoms with Crippen LogP contribution in [0, 0.1) is 0 Å². The van der Waals surface area contributed by atoms with Crippen molar-refractivity contribution in [2.75, 3.05) is 6.54 Å². The molecule has 0 spiro atoms. The second kappa shape index (κ2) is 6.61. The number of aromatic nitrogens is 3. The third-order valence-corrected chi connectivity index (χ3v) is 4.79. The van der Waals surface area contributed by atoms with Crippen LogP contribution in [0.25, 0.3) is 0 Å². The van der Waals surface area contributed by atoms with Gasteiger partial charge in [-0.2, -0.15) is 0 Å². The van der Waals surface area contributed by atoms with E-state index >= 15 is 0 Å². The Morgan fingerprint density at radius 2 is 2.32 bits per heavy atom. The second-order valence-electron chi connectivity index (χ2n) is 5.48. The van der Waals surface area contributed by atoms with Gasteiger partial charge in [-0.25, -0.2) is 9.89 Å². The maximum atomic E-state index is 11.7. The number of H-pyrrole nitrogens is 1. The van der Waals surface area contributed by atoms with Crippen LogP contribution in [0.5, 0.6) is 0 Å². The molecule has 5 nitrogen and oxygen atoms in total. The van der Waals surface area contributed by atoms with E-state index in [4.69, 9.17) is 0 Å². The average molecular weight is 284 g/mol. The fourth-order valence-corrected chi connectivity index (χ4v) is 3.95. The highest BCUT2D eigenvalue weighted by atomic mass is 32.2. The van der Waals surface area contributed by atoms with E-state index in [0.29, 0.717) is 11.3 Å². The van der Waals surface area contributed by atoms with Crippen molar-refractivity contribution in [1.29, 1.82) is 0 Å². The van der Waals surface area contributed by atoms with Crippen LogP contribution in [0.4, 0.5) is 0 Å². The number of rotatable bonds is 6. The molecule has 108 valence electrons. The lowest BCUT2D eigenvalue weighted by Gasteiger charge is -2.13. The van der Waals surface area contributed by atoms with Crippen molar-refractivity contribution in [3.8, 4) is 0 Å². The van der Waals surface area contributed by atoms with E-state index in [1.165, 1.54) is 25.7 Å². The summed E-state index contributed by atoms with van der Waals surface area (Å²) in [5.41, 5.74) is -0.101. The van der Waals surface area contributed by atoms with Gasteiger partial charge in [0.25, 0.3) is 0 Å². The fourth-order valence-electron chi connectivity index (χ4n) is 2.56. The molecule has 0 aromatic carbocycles. The minimum absolute atomic E-state index is 0.101. The number of nitrogens with one attached hydrogen (secondary N) is 2. The van der Waals surface area contributed by atoms with Crippen LogP contribution in [0.1, 0.15) is 52.5 Å². The van der Waals surface area contributed by atoms with E-state index in [0.717, 1.165) is 11.7 Å². The molecule has 0 aliphatic heterocycles. The van der Waals surface area contributed by atoms with Crippen molar-refractivity contribution in [3.05, 3.63) is 10.5 Å². The smallest absolute Gasteiger partial charge is 0.314 e. The Labute approximate surface area is 118 Å². The SMILES string of the molecule is CCCNC1CCC(Sc2n[nH]c(=O)n2C(C)C)C1. The lowest BCUT2D eigenvalue weighted by atomic mass is 10.2. The Morgan fingerprint density at radius 3 is 3.00 bits per heavy atom. The topological polar surface area (TPSA) is 62.7 Å². The van der Waals surface area contributed by atoms with Gasteiger partial charge >= 0.3 is 5.69 Å². The van der Waals surface area contributed by atoms with Gasteiger partial charge in [-0.1, -0.05) is 18.7 Å². The normalized spacial score (nSPS) is 23.4. The Morgan fingerprint density at radius 1 is 1.53 bits per heavy atom. The lowest BCUT2D eigenvalue weighted by molar-refractivity contribution is 0.523. The number of aromatic amines is 1. The van der Waals surface area contributed by atoms with Crippen molar-refractivity contribution >= 4 is 11.8 Å². The van der Waals surface area contributed by atoms with Crippen LogP contribution < -0.4 is 11.0 Å². The zero-order valence-corrected chi connectivity index (χ0v) is 12.8. The summed E-state index contributed by atoms with van der Waals surface area (Å²) in [5.74, 6) is 0. The molecule has 0 radical (unpaired) electrons. The summed E-state index contributed by atoms with van der Waals surface area (Å²) < 4.78 is 1.75. The molecule has 2 atom stereocenters. The summed E-state index contributed by atoms with van der Waals surface area (Å²) in [6, 6.07) is 0.791. The van der Waals surface area contributed by atoms with Gasteiger partial charge in [0.15, 0.2) is 5.16 Å². The fraction of sp³-hybridized carbons (Fsp3) is 0.846. The van der Waals surface area contributed by atoms with Gasteiger partial charge in [0.1, 0.15) is 0 Å². The molecule has 0 bridgehead atoms. The number of hydrogen-bond acceptors (Lipinski definition) is 4. The molecular formula is C13H24N4OS. The Kier molecular flexibility index (Phi) is 5.10. The maximum Gasteiger partial charge on any atom is 0.344 e. The van der Waals surface area contributed by atoms with Crippen LogP contribution in [0.3, 0.4) is 0 Å². The summed E-state index contributed by atoms with van der Waals surface area (Å²) in [4.78, 5) is 11.7. The van der Waals surface area contributed by atoms with Gasteiger partial charge in [0.05, 0.1) is 0 Å². The summed E-state index contributed by atoms with van der Waals surface area (Å²) >= 11 is 1.74. The van der Waals surface area contributed by atoms with Crippen LogP contribution in [-0.4, -0.2) is 32.6 Å². The molecule has 1 heterocycles. The molecule has 2 unspecified atom stereocenters. The first-order valence-electron chi connectivity index (χ1n) is 7.18. The van der Waals surface area contributed by atoms with Gasteiger partial charge in [-0.05, 0) is 46.1 Å². The summed E-state index contributed by atoms with van der Waals surface area (Å²) in [6.45, 7) is 7.32. The minimum atomic E-state index is -0.101. The predicted octanol–water partition coefficient (Wildman–Crippen LogP) is 2.17. The van der Waals surface area contributed by atoms with Crippen molar-refractivity contribution in [1.82, 2.24) is 20.1 Å². The zero-order chi connectivity index (χ0) is 13.8. The van der Waals surface area contributed by atoms with Crippen LogP contribution in [0.2, 0.25) is 0 Å². The Bertz CT molecular complexity index is 454. The first-order valence-corrected chi connectivity index (χ1v) is 8.06. The molecule has 1 saturated carbocycles. The molecule has 2 N–H and O–H groups in total. The number of thioether (sulfide) groups is 1. The second-order valence-corrected chi connectivity index (χ2v) is 6.75. The lowest BCUT2D eigenvalue weighted by Crippen LogP contribution is -2.27. The van der Waals surface area contributed by atoms with Crippen LogP contribution in [-0.2, 0) is 0 Å².